The topological polar surface area (TPSA) is 33.7 Å². The first kappa shape index (κ1) is 12.6. The Balaban J connectivity index is 3.78. The summed E-state index contributed by atoms with van der Waals surface area (Å²) in [7, 11) is 0. The van der Waals surface area contributed by atoms with Gasteiger partial charge in [0.2, 0.25) is 0 Å². The molecule has 0 unspecified atom stereocenters. The minimum absolute atomic E-state index is 0.128. The van der Waals surface area contributed by atoms with Crippen LogP contribution in [0.2, 0.25) is 0 Å². The second kappa shape index (κ2) is 4.23. The fourth-order valence-corrected chi connectivity index (χ4v) is 1.08. The molecule has 13 heavy (non-hydrogen) atoms. The Hall–Kier alpha value is -0.370. The first-order valence-electron chi connectivity index (χ1n) is 4.96. The number of nitrogens with two attached hydrogens (primary N) is 1. The quantitative estimate of drug-likeness (QED) is 0.709. The lowest BCUT2D eigenvalue weighted by Gasteiger charge is -2.19. The van der Waals surface area contributed by atoms with E-state index in [1.807, 2.05) is 0 Å². The molecule has 0 radical (unpaired) electrons. The van der Waals surface area contributed by atoms with Crippen LogP contribution in [0.4, 0.5) is 0 Å². The number of hydrogen-bond acceptors (Lipinski definition) is 1. The van der Waals surface area contributed by atoms with Crippen LogP contribution < -0.4 is 5.32 Å². The Bertz CT molecular complexity index is 172. The van der Waals surface area contributed by atoms with Crippen molar-refractivity contribution in [3.63, 3.8) is 0 Å². The molecule has 0 rings (SSSR count). The van der Waals surface area contributed by atoms with E-state index in [1.165, 1.54) is 0 Å². The molecule has 0 aromatic rings. The Morgan fingerprint density at radius 3 is 1.85 bits per heavy atom. The summed E-state index contributed by atoms with van der Waals surface area (Å²) in [5.41, 5.74) is 0.288. The van der Waals surface area contributed by atoms with Crippen molar-refractivity contribution < 1.29 is 10.1 Å². The van der Waals surface area contributed by atoms with Crippen molar-refractivity contribution in [3.05, 3.63) is 0 Å². The van der Waals surface area contributed by atoms with Crippen LogP contribution in [-0.4, -0.2) is 17.9 Å². The van der Waals surface area contributed by atoms with Crippen molar-refractivity contribution in [2.24, 2.45) is 5.41 Å². The fraction of sp³-hybridized carbons (Fsp3) is 0.909. The molecule has 0 aliphatic carbocycles. The Kier molecular flexibility index (Phi) is 4.11. The predicted molar refractivity (Wildman–Crippen MR) is 55.6 cm³/mol. The maximum absolute atomic E-state index is 11.5. The highest BCUT2D eigenvalue weighted by molar-refractivity contribution is 5.79. The lowest BCUT2D eigenvalue weighted by Crippen LogP contribution is -2.95. The number of carbonyl (C=O) groups is 1. The van der Waals surface area contributed by atoms with Crippen LogP contribution in [0.3, 0.4) is 0 Å². The summed E-state index contributed by atoms with van der Waals surface area (Å²) >= 11 is 0. The van der Waals surface area contributed by atoms with E-state index in [1.54, 1.807) is 0 Å². The van der Waals surface area contributed by atoms with E-state index in [0.29, 0.717) is 18.7 Å². The highest BCUT2D eigenvalue weighted by Crippen LogP contribution is 2.17. The SMILES string of the molecule is CC(C)(C)CC(=O)C[NH2+]C(C)(C)C. The maximum atomic E-state index is 11.5. The first-order valence-corrected chi connectivity index (χ1v) is 4.96. The molecule has 0 saturated heterocycles. The molecule has 0 fully saturated rings. The minimum Gasteiger partial charge on any atom is -0.336 e. The number of hydrogen-bond donors (Lipinski definition) is 1. The molecular formula is C11H24NO+. The van der Waals surface area contributed by atoms with Crippen molar-refractivity contribution in [3.8, 4) is 0 Å². The molecule has 78 valence electrons. The van der Waals surface area contributed by atoms with Gasteiger partial charge in [0.1, 0.15) is 6.54 Å². The number of Topliss-reactive ketones (excluding diaryl/α,β-unsaturated/α-hetero) is 1. The summed E-state index contributed by atoms with van der Waals surface area (Å²) in [6.45, 7) is 13.3. The van der Waals surface area contributed by atoms with Crippen LogP contribution in [0.1, 0.15) is 48.0 Å². The van der Waals surface area contributed by atoms with Gasteiger partial charge in [-0.05, 0) is 26.2 Å². The summed E-state index contributed by atoms with van der Waals surface area (Å²) in [5.74, 6) is 0.349. The summed E-state index contributed by atoms with van der Waals surface area (Å²) in [6.07, 6.45) is 0.680. The van der Waals surface area contributed by atoms with Gasteiger partial charge in [0, 0.05) is 6.42 Å². The zero-order valence-electron chi connectivity index (χ0n) is 9.90. The van der Waals surface area contributed by atoms with E-state index >= 15 is 0 Å². The van der Waals surface area contributed by atoms with E-state index in [-0.39, 0.29) is 11.0 Å². The minimum atomic E-state index is 0.128. The number of quaternary nitrogens is 1. The van der Waals surface area contributed by atoms with Crippen LogP contribution in [-0.2, 0) is 4.79 Å². The highest BCUT2D eigenvalue weighted by Gasteiger charge is 2.20. The molecule has 0 spiro atoms. The first-order chi connectivity index (χ1) is 5.60. The third-order valence-corrected chi connectivity index (χ3v) is 1.67. The van der Waals surface area contributed by atoms with Gasteiger partial charge < -0.3 is 5.32 Å². The molecule has 0 aliphatic rings. The lowest BCUT2D eigenvalue weighted by atomic mass is 9.90. The van der Waals surface area contributed by atoms with Gasteiger partial charge >= 0.3 is 0 Å². The Morgan fingerprint density at radius 2 is 1.54 bits per heavy atom. The largest absolute Gasteiger partial charge is 0.336 e. The van der Waals surface area contributed by atoms with E-state index < -0.39 is 0 Å². The Labute approximate surface area is 82.1 Å². The number of carbonyl (C=O) groups excluding carboxylic acids is 1. The van der Waals surface area contributed by atoms with Gasteiger partial charge in [-0.3, -0.25) is 4.79 Å². The summed E-state index contributed by atoms with van der Waals surface area (Å²) < 4.78 is 0. The van der Waals surface area contributed by atoms with Crippen molar-refractivity contribution in [2.45, 2.75) is 53.5 Å². The van der Waals surface area contributed by atoms with Gasteiger partial charge in [-0.1, -0.05) is 20.8 Å². The third-order valence-electron chi connectivity index (χ3n) is 1.67. The molecule has 2 heteroatoms. The summed E-state index contributed by atoms with van der Waals surface area (Å²) in [4.78, 5) is 11.5. The van der Waals surface area contributed by atoms with Crippen LogP contribution in [0.15, 0.2) is 0 Å². The van der Waals surface area contributed by atoms with Gasteiger partial charge in [0.05, 0.1) is 5.54 Å². The number of rotatable bonds is 3. The second-order valence-corrected chi connectivity index (χ2v) is 6.05. The molecular weight excluding hydrogens is 162 g/mol. The van der Waals surface area contributed by atoms with Gasteiger partial charge in [0.25, 0.3) is 0 Å². The van der Waals surface area contributed by atoms with Crippen LogP contribution in [0.5, 0.6) is 0 Å². The fourth-order valence-electron chi connectivity index (χ4n) is 1.08. The van der Waals surface area contributed by atoms with E-state index in [4.69, 9.17) is 0 Å². The molecule has 0 atom stereocenters. The van der Waals surface area contributed by atoms with E-state index in [2.05, 4.69) is 46.9 Å². The highest BCUT2D eigenvalue weighted by atomic mass is 16.1. The van der Waals surface area contributed by atoms with E-state index in [0.717, 1.165) is 0 Å². The lowest BCUT2D eigenvalue weighted by molar-refractivity contribution is -0.707. The van der Waals surface area contributed by atoms with Crippen LogP contribution in [0, 0.1) is 5.41 Å². The summed E-state index contributed by atoms with van der Waals surface area (Å²) in [6, 6.07) is 0. The molecule has 0 bridgehead atoms. The smallest absolute Gasteiger partial charge is 0.187 e. The van der Waals surface area contributed by atoms with Crippen LogP contribution in [0.25, 0.3) is 0 Å². The molecule has 2 nitrogen and oxygen atoms in total. The second-order valence-electron chi connectivity index (χ2n) is 6.05. The van der Waals surface area contributed by atoms with Gasteiger partial charge in [-0.2, -0.15) is 0 Å². The van der Waals surface area contributed by atoms with Crippen molar-refractivity contribution in [1.82, 2.24) is 0 Å². The molecule has 0 amide bonds. The van der Waals surface area contributed by atoms with Crippen LogP contribution >= 0.6 is 0 Å². The monoisotopic (exact) mass is 186 g/mol. The normalized spacial score (nSPS) is 13.1. The van der Waals surface area contributed by atoms with Crippen molar-refractivity contribution in [2.75, 3.05) is 6.54 Å². The molecule has 2 N–H and O–H groups in total. The van der Waals surface area contributed by atoms with Gasteiger partial charge in [0.15, 0.2) is 5.78 Å². The van der Waals surface area contributed by atoms with Crippen molar-refractivity contribution >= 4 is 5.78 Å². The van der Waals surface area contributed by atoms with E-state index in [9.17, 15) is 4.79 Å². The molecule has 0 aromatic carbocycles. The maximum Gasteiger partial charge on any atom is 0.187 e. The third kappa shape index (κ3) is 9.54. The number of ketones is 1. The average molecular weight is 186 g/mol. The predicted octanol–water partition coefficient (Wildman–Crippen LogP) is 1.35. The zero-order chi connectivity index (χ0) is 10.7. The molecule has 0 saturated carbocycles. The molecule has 0 heterocycles. The van der Waals surface area contributed by atoms with Gasteiger partial charge in [-0.15, -0.1) is 0 Å². The average Bonchev–Trinajstić information content (AvgIpc) is 1.78. The van der Waals surface area contributed by atoms with Gasteiger partial charge in [-0.25, -0.2) is 0 Å². The molecule has 0 aromatic heterocycles. The molecule has 0 aliphatic heterocycles. The Morgan fingerprint density at radius 1 is 1.08 bits per heavy atom. The summed E-state index contributed by atoms with van der Waals surface area (Å²) in [5, 5.41) is 2.10. The standard InChI is InChI=1S/C11H23NO/c1-10(2,3)7-9(13)8-12-11(4,5)6/h12H,7-8H2,1-6H3/p+1. The zero-order valence-corrected chi connectivity index (χ0v) is 9.90. The van der Waals surface area contributed by atoms with Crippen molar-refractivity contribution in [1.29, 1.82) is 0 Å².